The van der Waals surface area contributed by atoms with Crippen LogP contribution in [0.25, 0.3) is 0 Å². The van der Waals surface area contributed by atoms with Crippen molar-refractivity contribution < 1.29 is 9.90 Å². The van der Waals surface area contributed by atoms with Gasteiger partial charge in [0.2, 0.25) is 0 Å². The van der Waals surface area contributed by atoms with Crippen molar-refractivity contribution in [2.24, 2.45) is 5.92 Å². The number of hydrogen-bond donors (Lipinski definition) is 3. The lowest BCUT2D eigenvalue weighted by Gasteiger charge is -2.31. The van der Waals surface area contributed by atoms with Crippen LogP contribution in [-0.2, 0) is 0 Å². The van der Waals surface area contributed by atoms with Gasteiger partial charge >= 0.3 is 6.03 Å². The molecule has 0 spiro atoms. The molecular weight excluding hydrogens is 192 g/mol. The summed E-state index contributed by atoms with van der Waals surface area (Å²) < 4.78 is 0. The van der Waals surface area contributed by atoms with E-state index in [1.54, 1.807) is 0 Å². The van der Waals surface area contributed by atoms with E-state index in [4.69, 9.17) is 0 Å². The second-order valence-electron chi connectivity index (χ2n) is 5.68. The third-order valence-electron chi connectivity index (χ3n) is 2.69. The van der Waals surface area contributed by atoms with Crippen LogP contribution < -0.4 is 10.6 Å². The van der Waals surface area contributed by atoms with Crippen LogP contribution in [0.4, 0.5) is 4.79 Å². The summed E-state index contributed by atoms with van der Waals surface area (Å²) in [6.07, 6.45) is 2.18. The molecule has 0 aromatic carbocycles. The van der Waals surface area contributed by atoms with E-state index in [2.05, 4.69) is 10.6 Å². The number of carbonyl (C=O) groups is 1. The third kappa shape index (κ3) is 3.70. The first-order valence-corrected chi connectivity index (χ1v) is 5.48. The molecule has 1 atom stereocenters. The minimum atomic E-state index is -0.463. The number of aliphatic hydroxyl groups excluding tert-OH is 1. The second-order valence-corrected chi connectivity index (χ2v) is 5.68. The number of hydrogen-bond acceptors (Lipinski definition) is 2. The van der Waals surface area contributed by atoms with E-state index in [1.807, 2.05) is 27.7 Å². The fourth-order valence-electron chi connectivity index (χ4n) is 1.62. The number of carbonyl (C=O) groups excluding carboxylic acids is 1. The van der Waals surface area contributed by atoms with Gasteiger partial charge < -0.3 is 15.7 Å². The zero-order chi connectivity index (χ0) is 11.7. The molecule has 1 unspecified atom stereocenters. The topological polar surface area (TPSA) is 61.4 Å². The third-order valence-corrected chi connectivity index (χ3v) is 2.69. The highest BCUT2D eigenvalue weighted by Gasteiger charge is 2.42. The summed E-state index contributed by atoms with van der Waals surface area (Å²) in [5.74, 6) is 0.424. The largest absolute Gasteiger partial charge is 0.394 e. The highest BCUT2D eigenvalue weighted by molar-refractivity contribution is 5.75. The fraction of sp³-hybridized carbons (Fsp3) is 0.909. The smallest absolute Gasteiger partial charge is 0.315 e. The molecule has 4 heteroatoms. The van der Waals surface area contributed by atoms with Gasteiger partial charge in [-0.05, 0) is 46.5 Å². The van der Waals surface area contributed by atoms with Gasteiger partial charge in [0.05, 0.1) is 12.1 Å². The minimum absolute atomic E-state index is 0.00473. The zero-order valence-electron chi connectivity index (χ0n) is 10.1. The maximum absolute atomic E-state index is 11.6. The molecule has 0 heterocycles. The lowest BCUT2D eigenvalue weighted by molar-refractivity contribution is 0.152. The van der Waals surface area contributed by atoms with Crippen molar-refractivity contribution in [2.75, 3.05) is 6.61 Å². The molecule has 0 bridgehead atoms. The summed E-state index contributed by atoms with van der Waals surface area (Å²) in [6.45, 7) is 7.68. The second kappa shape index (κ2) is 4.00. The van der Waals surface area contributed by atoms with Crippen molar-refractivity contribution in [3.63, 3.8) is 0 Å². The van der Waals surface area contributed by atoms with E-state index in [1.165, 1.54) is 0 Å². The van der Waals surface area contributed by atoms with Gasteiger partial charge in [0, 0.05) is 5.54 Å². The van der Waals surface area contributed by atoms with Crippen molar-refractivity contribution in [2.45, 2.75) is 51.6 Å². The van der Waals surface area contributed by atoms with Crippen LogP contribution in [-0.4, -0.2) is 28.8 Å². The average molecular weight is 214 g/mol. The highest BCUT2D eigenvalue weighted by Crippen LogP contribution is 2.39. The van der Waals surface area contributed by atoms with Crippen molar-refractivity contribution in [3.8, 4) is 0 Å². The Morgan fingerprint density at radius 3 is 2.13 bits per heavy atom. The van der Waals surface area contributed by atoms with Gasteiger partial charge in [-0.15, -0.1) is 0 Å². The number of urea groups is 1. The normalized spacial score (nSPS) is 20.6. The molecule has 3 N–H and O–H groups in total. The first kappa shape index (κ1) is 12.3. The number of amides is 2. The van der Waals surface area contributed by atoms with Gasteiger partial charge in [0.15, 0.2) is 0 Å². The van der Waals surface area contributed by atoms with E-state index in [-0.39, 0.29) is 18.2 Å². The van der Waals surface area contributed by atoms with Crippen LogP contribution in [0.5, 0.6) is 0 Å². The number of nitrogens with one attached hydrogen (secondary N) is 2. The van der Waals surface area contributed by atoms with Gasteiger partial charge in [-0.2, -0.15) is 0 Å². The van der Waals surface area contributed by atoms with Gasteiger partial charge in [-0.1, -0.05) is 0 Å². The van der Waals surface area contributed by atoms with Crippen LogP contribution in [0.3, 0.4) is 0 Å². The minimum Gasteiger partial charge on any atom is -0.394 e. The molecule has 0 radical (unpaired) electrons. The Kier molecular flexibility index (Phi) is 3.28. The van der Waals surface area contributed by atoms with E-state index >= 15 is 0 Å². The predicted molar refractivity (Wildman–Crippen MR) is 59.6 cm³/mol. The van der Waals surface area contributed by atoms with Crippen molar-refractivity contribution in [3.05, 3.63) is 0 Å². The van der Waals surface area contributed by atoms with Crippen LogP contribution >= 0.6 is 0 Å². The van der Waals surface area contributed by atoms with Gasteiger partial charge in [-0.25, -0.2) is 4.79 Å². The maximum atomic E-state index is 11.6. The van der Waals surface area contributed by atoms with Crippen LogP contribution in [0, 0.1) is 5.92 Å². The summed E-state index contributed by atoms with van der Waals surface area (Å²) in [7, 11) is 0. The van der Waals surface area contributed by atoms with Gasteiger partial charge in [0.25, 0.3) is 0 Å². The molecule has 1 rings (SSSR count). The summed E-state index contributed by atoms with van der Waals surface area (Å²) >= 11 is 0. The Bertz CT molecular complexity index is 243. The standard InChI is InChI=1S/C11H22N2O2/c1-10(2,3)12-9(15)13-11(4,7-14)8-5-6-8/h8,14H,5-7H2,1-4H3,(H2,12,13,15). The molecule has 0 aromatic rings. The van der Waals surface area contributed by atoms with E-state index < -0.39 is 5.54 Å². The molecule has 15 heavy (non-hydrogen) atoms. The molecule has 4 nitrogen and oxygen atoms in total. The lowest BCUT2D eigenvalue weighted by atomic mass is 9.97. The SMILES string of the molecule is CC(C)(C)NC(=O)NC(C)(CO)C1CC1. The van der Waals surface area contributed by atoms with Crippen molar-refractivity contribution >= 4 is 6.03 Å². The molecule has 1 fully saturated rings. The average Bonchev–Trinajstić information content (AvgIpc) is 2.81. The first-order valence-electron chi connectivity index (χ1n) is 5.48. The van der Waals surface area contributed by atoms with Crippen molar-refractivity contribution in [1.29, 1.82) is 0 Å². The Labute approximate surface area is 91.4 Å². The lowest BCUT2D eigenvalue weighted by Crippen LogP contribution is -2.57. The number of rotatable bonds is 3. The Morgan fingerprint density at radius 1 is 1.27 bits per heavy atom. The summed E-state index contributed by atoms with van der Waals surface area (Å²) in [6, 6.07) is -0.203. The van der Waals surface area contributed by atoms with Crippen LogP contribution in [0.2, 0.25) is 0 Å². The van der Waals surface area contributed by atoms with Crippen molar-refractivity contribution in [1.82, 2.24) is 10.6 Å². The quantitative estimate of drug-likeness (QED) is 0.662. The molecule has 1 aliphatic carbocycles. The van der Waals surface area contributed by atoms with Crippen LogP contribution in [0.1, 0.15) is 40.5 Å². The Morgan fingerprint density at radius 2 is 1.80 bits per heavy atom. The molecule has 2 amide bonds. The Balaban J connectivity index is 2.48. The van der Waals surface area contributed by atoms with Crippen LogP contribution in [0.15, 0.2) is 0 Å². The summed E-state index contributed by atoms with van der Waals surface area (Å²) in [5, 5.41) is 15.0. The molecule has 1 aliphatic rings. The molecule has 0 saturated heterocycles. The zero-order valence-corrected chi connectivity index (χ0v) is 10.1. The predicted octanol–water partition coefficient (Wildman–Crippen LogP) is 1.25. The molecule has 88 valence electrons. The Hall–Kier alpha value is -0.770. The highest BCUT2D eigenvalue weighted by atomic mass is 16.3. The monoisotopic (exact) mass is 214 g/mol. The maximum Gasteiger partial charge on any atom is 0.315 e. The molecule has 0 aliphatic heterocycles. The summed E-state index contributed by atoms with van der Waals surface area (Å²) in [4.78, 5) is 11.6. The molecule has 1 saturated carbocycles. The van der Waals surface area contributed by atoms with E-state index in [9.17, 15) is 9.90 Å². The molecular formula is C11H22N2O2. The fourth-order valence-corrected chi connectivity index (χ4v) is 1.62. The van der Waals surface area contributed by atoms with Gasteiger partial charge in [0.1, 0.15) is 0 Å². The number of aliphatic hydroxyl groups is 1. The van der Waals surface area contributed by atoms with E-state index in [0.29, 0.717) is 5.92 Å². The van der Waals surface area contributed by atoms with E-state index in [0.717, 1.165) is 12.8 Å². The molecule has 0 aromatic heterocycles. The van der Waals surface area contributed by atoms with Gasteiger partial charge in [-0.3, -0.25) is 0 Å². The summed E-state index contributed by atoms with van der Waals surface area (Å²) in [5.41, 5.74) is -0.709. The first-order chi connectivity index (χ1) is 6.77.